The molecule has 2 aromatic carbocycles. The number of fused-ring (bicyclic) bond motifs is 3. The predicted molar refractivity (Wildman–Crippen MR) is 180 cm³/mol. The zero-order valence-electron chi connectivity index (χ0n) is 25.9. The van der Waals surface area contributed by atoms with E-state index in [0.717, 1.165) is 85.1 Å². The van der Waals surface area contributed by atoms with Gasteiger partial charge in [0.05, 0.1) is 11.1 Å². The van der Waals surface area contributed by atoms with Crippen LogP contribution < -0.4 is 5.32 Å². The summed E-state index contributed by atoms with van der Waals surface area (Å²) in [4.78, 5) is 29.6. The van der Waals surface area contributed by atoms with Crippen molar-refractivity contribution in [2.24, 2.45) is 0 Å². The van der Waals surface area contributed by atoms with Crippen LogP contribution in [-0.4, -0.2) is 78.3 Å². The first-order valence-corrected chi connectivity index (χ1v) is 16.0. The van der Waals surface area contributed by atoms with Crippen LogP contribution in [0.25, 0.3) is 11.1 Å². The van der Waals surface area contributed by atoms with Crippen LogP contribution in [0, 0.1) is 0 Å². The maximum absolute atomic E-state index is 12.7. The summed E-state index contributed by atoms with van der Waals surface area (Å²) in [5.74, 6) is -1.88. The molecule has 5 rings (SSSR count). The van der Waals surface area contributed by atoms with Crippen LogP contribution in [0.15, 0.2) is 24.3 Å². The zero-order valence-corrected chi connectivity index (χ0v) is 27.6. The number of benzene rings is 2. The van der Waals surface area contributed by atoms with Gasteiger partial charge in [0, 0.05) is 23.9 Å². The van der Waals surface area contributed by atoms with Crippen LogP contribution in [0.2, 0.25) is 0 Å². The molecule has 0 bridgehead atoms. The van der Waals surface area contributed by atoms with Crippen molar-refractivity contribution in [3.8, 4) is 11.1 Å². The molecule has 0 aromatic heterocycles. The van der Waals surface area contributed by atoms with E-state index in [4.69, 9.17) is 4.74 Å². The van der Waals surface area contributed by atoms with Gasteiger partial charge in [-0.2, -0.15) is 0 Å². The Hall–Kier alpha value is -2.36. The molecule has 244 valence electrons. The van der Waals surface area contributed by atoms with Gasteiger partial charge in [-0.05, 0) is 138 Å². The van der Waals surface area contributed by atoms with Gasteiger partial charge < -0.3 is 30.1 Å². The van der Waals surface area contributed by atoms with Gasteiger partial charge in [-0.3, -0.25) is 0 Å². The third-order valence-electron chi connectivity index (χ3n) is 9.35. The Kier molecular flexibility index (Phi) is 14.3. The van der Waals surface area contributed by atoms with Gasteiger partial charge in [0.15, 0.2) is 6.23 Å². The molecular formula is C34H49Cl2N3O5. The highest BCUT2D eigenvalue weighted by molar-refractivity contribution is 5.98. The monoisotopic (exact) mass is 649 g/mol. The first-order valence-electron chi connectivity index (χ1n) is 16.0. The molecule has 0 aliphatic carbocycles. The molecule has 44 heavy (non-hydrogen) atoms. The molecule has 3 aliphatic heterocycles. The molecule has 2 fully saturated rings. The van der Waals surface area contributed by atoms with Gasteiger partial charge in [-0.25, -0.2) is 9.59 Å². The third kappa shape index (κ3) is 8.67. The Morgan fingerprint density at radius 1 is 0.795 bits per heavy atom. The summed E-state index contributed by atoms with van der Waals surface area (Å²) in [7, 11) is 1.58. The van der Waals surface area contributed by atoms with Crippen LogP contribution in [0.1, 0.15) is 108 Å². The number of rotatable bonds is 13. The lowest BCUT2D eigenvalue weighted by Crippen LogP contribution is -2.30. The minimum atomic E-state index is -0.980. The average Bonchev–Trinajstić information content (AvgIpc) is 3.01. The summed E-state index contributed by atoms with van der Waals surface area (Å²) in [5, 5.41) is 23.4. The van der Waals surface area contributed by atoms with Crippen LogP contribution in [-0.2, 0) is 17.6 Å². The zero-order chi connectivity index (χ0) is 29.5. The van der Waals surface area contributed by atoms with Crippen molar-refractivity contribution < 1.29 is 24.5 Å². The molecule has 8 nitrogen and oxygen atoms in total. The summed E-state index contributed by atoms with van der Waals surface area (Å²) >= 11 is 0. The van der Waals surface area contributed by atoms with E-state index in [1.54, 1.807) is 25.3 Å². The number of unbranched alkanes of at least 4 members (excludes halogenated alkanes) is 2. The van der Waals surface area contributed by atoms with E-state index in [0.29, 0.717) is 5.56 Å². The van der Waals surface area contributed by atoms with Crippen molar-refractivity contribution in [1.82, 2.24) is 9.80 Å². The van der Waals surface area contributed by atoms with E-state index in [-0.39, 0.29) is 30.4 Å². The largest absolute Gasteiger partial charge is 0.478 e. The number of ether oxygens (including phenoxy) is 1. The van der Waals surface area contributed by atoms with Crippen LogP contribution >= 0.6 is 24.8 Å². The number of hydrogen-bond donors (Lipinski definition) is 3. The van der Waals surface area contributed by atoms with Crippen molar-refractivity contribution in [3.05, 3.63) is 52.1 Å². The van der Waals surface area contributed by atoms with Gasteiger partial charge in [-0.15, -0.1) is 24.8 Å². The standard InChI is InChI=1S/C34H47N3O5.2ClH/c1-42-32-28-22-24(33(38)39)14-15-27(28)31-26(13-5-11-21-37-18-8-3-9-19-37)25(29(34(40)41)23-30(31)35-32)12-4-10-20-36-16-6-2-7-17-36;;/h14-15,22-23,32,35H,2-13,16-21H2,1H3,(H,38,39)(H,40,41);2*1H. The van der Waals surface area contributed by atoms with E-state index in [1.165, 1.54) is 64.7 Å². The van der Waals surface area contributed by atoms with E-state index in [2.05, 4.69) is 15.1 Å². The minimum Gasteiger partial charge on any atom is -0.478 e. The van der Waals surface area contributed by atoms with Crippen molar-refractivity contribution in [2.75, 3.05) is 51.7 Å². The van der Waals surface area contributed by atoms with Crippen LogP contribution in [0.5, 0.6) is 0 Å². The molecule has 1 unspecified atom stereocenters. The summed E-state index contributed by atoms with van der Waals surface area (Å²) in [6.07, 6.45) is 12.7. The number of nitrogens with one attached hydrogen (secondary N) is 1. The predicted octanol–water partition coefficient (Wildman–Crippen LogP) is 7.28. The minimum absolute atomic E-state index is 0. The first kappa shape index (κ1) is 36.1. The maximum atomic E-state index is 12.7. The number of methoxy groups -OCH3 is 1. The van der Waals surface area contributed by atoms with E-state index in [1.807, 2.05) is 6.07 Å². The van der Waals surface area contributed by atoms with Gasteiger partial charge in [0.1, 0.15) is 0 Å². The number of hydrogen-bond acceptors (Lipinski definition) is 6. The second kappa shape index (κ2) is 17.4. The highest BCUT2D eigenvalue weighted by atomic mass is 35.5. The summed E-state index contributed by atoms with van der Waals surface area (Å²) in [5.41, 5.74) is 6.06. The number of halogens is 2. The number of likely N-dealkylation sites (tertiary alicyclic amines) is 2. The summed E-state index contributed by atoms with van der Waals surface area (Å²) < 4.78 is 5.72. The molecule has 0 amide bonds. The van der Waals surface area contributed by atoms with E-state index in [9.17, 15) is 19.8 Å². The Balaban J connectivity index is 0.00000264. The fraction of sp³-hybridized carbons (Fsp3) is 0.588. The Morgan fingerprint density at radius 3 is 1.89 bits per heavy atom. The summed E-state index contributed by atoms with van der Waals surface area (Å²) in [6, 6.07) is 6.98. The van der Waals surface area contributed by atoms with Crippen molar-refractivity contribution in [2.45, 2.75) is 83.3 Å². The van der Waals surface area contributed by atoms with Gasteiger partial charge in [-0.1, -0.05) is 18.9 Å². The Morgan fingerprint density at radius 2 is 1.36 bits per heavy atom. The smallest absolute Gasteiger partial charge is 0.336 e. The fourth-order valence-electron chi connectivity index (χ4n) is 7.14. The maximum Gasteiger partial charge on any atom is 0.336 e. The van der Waals surface area contributed by atoms with E-state index < -0.39 is 18.2 Å². The SMILES string of the molecule is COC1Nc2cc(C(=O)O)c(CCCCN3CCCCC3)c(CCCCN3CCCCC3)c2-c2ccc(C(=O)O)cc21.Cl.Cl. The van der Waals surface area contributed by atoms with Crippen molar-refractivity contribution in [3.63, 3.8) is 0 Å². The molecule has 3 aliphatic rings. The van der Waals surface area contributed by atoms with Gasteiger partial charge >= 0.3 is 11.9 Å². The number of carbonyl (C=O) groups is 2. The highest BCUT2D eigenvalue weighted by Gasteiger charge is 2.31. The Labute approximate surface area is 274 Å². The Bertz CT molecular complexity index is 1260. The first-order chi connectivity index (χ1) is 20.5. The normalized spacial score (nSPS) is 18.2. The molecule has 0 radical (unpaired) electrons. The van der Waals surface area contributed by atoms with Crippen molar-refractivity contribution in [1.29, 1.82) is 0 Å². The summed E-state index contributed by atoms with van der Waals surface area (Å²) in [6.45, 7) is 6.83. The number of nitrogens with zero attached hydrogens (tertiary/aromatic N) is 2. The second-order valence-electron chi connectivity index (χ2n) is 12.2. The number of aromatic carboxylic acids is 2. The lowest BCUT2D eigenvalue weighted by molar-refractivity contribution is 0.0684. The molecule has 3 N–H and O–H groups in total. The average molecular weight is 651 g/mol. The quantitative estimate of drug-likeness (QED) is 0.195. The van der Waals surface area contributed by atoms with Crippen molar-refractivity contribution >= 4 is 42.4 Å². The second-order valence-corrected chi connectivity index (χ2v) is 12.2. The van der Waals surface area contributed by atoms with Crippen LogP contribution in [0.4, 0.5) is 5.69 Å². The molecular weight excluding hydrogens is 601 g/mol. The van der Waals surface area contributed by atoms with Gasteiger partial charge in [0.2, 0.25) is 0 Å². The molecule has 1 atom stereocenters. The van der Waals surface area contributed by atoms with Gasteiger partial charge in [0.25, 0.3) is 0 Å². The molecule has 0 spiro atoms. The number of carboxylic acids is 2. The molecule has 2 saturated heterocycles. The molecule has 2 aromatic rings. The van der Waals surface area contributed by atoms with Crippen LogP contribution in [0.3, 0.4) is 0 Å². The number of anilines is 1. The fourth-order valence-corrected chi connectivity index (χ4v) is 7.14. The van der Waals surface area contributed by atoms with E-state index >= 15 is 0 Å². The molecule has 0 saturated carbocycles. The lowest BCUT2D eigenvalue weighted by Gasteiger charge is -2.32. The highest BCUT2D eigenvalue weighted by Crippen LogP contribution is 2.46. The topological polar surface area (TPSA) is 102 Å². The number of carboxylic acid groups (broad SMARTS) is 2. The number of piperidine rings is 2. The molecule has 10 heteroatoms. The third-order valence-corrected chi connectivity index (χ3v) is 9.35. The lowest BCUT2D eigenvalue weighted by atomic mass is 9.82. The molecule has 3 heterocycles.